The summed E-state index contributed by atoms with van der Waals surface area (Å²) in [7, 11) is 0. The molecule has 2 atom stereocenters. The molecule has 0 bridgehead atoms. The van der Waals surface area contributed by atoms with E-state index in [4.69, 9.17) is 12.2 Å². The zero-order valence-electron chi connectivity index (χ0n) is 23.1. The van der Waals surface area contributed by atoms with E-state index in [0.29, 0.717) is 30.8 Å². The van der Waals surface area contributed by atoms with E-state index in [2.05, 4.69) is 16.6 Å². The van der Waals surface area contributed by atoms with Crippen molar-refractivity contribution in [3.63, 3.8) is 0 Å². The maximum atomic E-state index is 13.0. The summed E-state index contributed by atoms with van der Waals surface area (Å²) < 4.78 is 0. The molecule has 0 saturated heterocycles. The monoisotopic (exact) mass is 534 g/mol. The lowest BCUT2D eigenvalue weighted by molar-refractivity contribution is -0.130. The number of aliphatic hydroxyl groups is 1. The molecule has 0 fully saturated rings. The Labute approximate surface area is 232 Å². The van der Waals surface area contributed by atoms with Crippen molar-refractivity contribution in [1.82, 2.24) is 15.5 Å². The van der Waals surface area contributed by atoms with Crippen LogP contribution >= 0.6 is 0 Å². The largest absolute Gasteiger partial charge is 0.390 e. The van der Waals surface area contributed by atoms with E-state index in [1.54, 1.807) is 12.1 Å². The number of nitrogens with zero attached hydrogens (tertiary/aromatic N) is 1. The molecular formula is C31H42N4O4. The van der Waals surface area contributed by atoms with Gasteiger partial charge in [-0.25, -0.2) is 0 Å². The molecule has 0 unspecified atom stereocenters. The fourth-order valence-electron chi connectivity index (χ4n) is 4.49. The molecule has 8 heteroatoms. The van der Waals surface area contributed by atoms with E-state index in [9.17, 15) is 19.5 Å². The van der Waals surface area contributed by atoms with E-state index in [1.807, 2.05) is 55.1 Å². The number of hydrogen-bond acceptors (Lipinski definition) is 5. The van der Waals surface area contributed by atoms with Gasteiger partial charge >= 0.3 is 0 Å². The van der Waals surface area contributed by atoms with Crippen molar-refractivity contribution in [2.45, 2.75) is 71.1 Å². The molecule has 2 rings (SSSR count). The van der Waals surface area contributed by atoms with E-state index >= 15 is 0 Å². The minimum Gasteiger partial charge on any atom is -0.390 e. The van der Waals surface area contributed by atoms with Crippen molar-refractivity contribution in [3.8, 4) is 12.3 Å². The molecule has 8 nitrogen and oxygen atoms in total. The van der Waals surface area contributed by atoms with Crippen molar-refractivity contribution in [1.29, 1.82) is 0 Å². The second-order valence-electron chi connectivity index (χ2n) is 9.80. The maximum Gasteiger partial charge on any atom is 0.226 e. The number of aliphatic hydroxyl groups excluding tert-OH is 1. The maximum absolute atomic E-state index is 13.0. The van der Waals surface area contributed by atoms with Crippen LogP contribution in [0.5, 0.6) is 0 Å². The lowest BCUT2D eigenvalue weighted by atomic mass is 9.98. The predicted molar refractivity (Wildman–Crippen MR) is 153 cm³/mol. The highest BCUT2D eigenvalue weighted by Gasteiger charge is 2.21. The second-order valence-corrected chi connectivity index (χ2v) is 9.80. The topological polar surface area (TPSA) is 125 Å². The van der Waals surface area contributed by atoms with E-state index in [1.165, 1.54) is 0 Å². The summed E-state index contributed by atoms with van der Waals surface area (Å²) in [6.45, 7) is 6.27. The summed E-state index contributed by atoms with van der Waals surface area (Å²) in [6, 6.07) is 14.5. The first kappa shape index (κ1) is 31.5. The van der Waals surface area contributed by atoms with Gasteiger partial charge in [0.2, 0.25) is 17.7 Å². The van der Waals surface area contributed by atoms with E-state index < -0.39 is 18.1 Å². The van der Waals surface area contributed by atoms with Gasteiger partial charge in [-0.15, -0.1) is 12.3 Å². The van der Waals surface area contributed by atoms with Crippen LogP contribution in [0.25, 0.3) is 0 Å². The summed E-state index contributed by atoms with van der Waals surface area (Å²) in [5.74, 6) is 1.72. The molecule has 0 aromatic heterocycles. The van der Waals surface area contributed by atoms with Crippen molar-refractivity contribution in [2.24, 2.45) is 5.73 Å². The number of carbonyl (C=O) groups is 3. The van der Waals surface area contributed by atoms with Gasteiger partial charge in [0.25, 0.3) is 0 Å². The molecule has 0 aliphatic carbocycles. The second kappa shape index (κ2) is 17.0. The molecule has 0 radical (unpaired) electrons. The van der Waals surface area contributed by atoms with Crippen LogP contribution in [0.1, 0.15) is 55.4 Å². The Bertz CT molecular complexity index is 1110. The lowest BCUT2D eigenvalue weighted by Crippen LogP contribution is -2.47. The molecule has 210 valence electrons. The SMILES string of the molecule is C#CC[C@H](NC(=O)Cc1cc(CC(N)=O)cc(CC(=O)N(CCC)CCC)c1)[C@H](O)CNCc1ccccc1. The van der Waals surface area contributed by atoms with Crippen LogP contribution in [0.4, 0.5) is 0 Å². The fraction of sp³-hybridized carbons (Fsp3) is 0.452. The highest BCUT2D eigenvalue weighted by Crippen LogP contribution is 2.15. The first-order valence-corrected chi connectivity index (χ1v) is 13.6. The van der Waals surface area contributed by atoms with Gasteiger partial charge < -0.3 is 26.4 Å². The average Bonchev–Trinajstić information content (AvgIpc) is 2.88. The first-order chi connectivity index (χ1) is 18.7. The molecule has 0 heterocycles. The van der Waals surface area contributed by atoms with Gasteiger partial charge in [-0.05, 0) is 35.1 Å². The standard InChI is InChI=1S/C31H42N4O4/c1-4-10-27(28(36)22-33-21-23-11-8-7-9-12-23)34-30(38)19-25-15-24(18-29(32)37)16-26(17-25)20-31(39)35(13-5-2)14-6-3/h1,7-9,11-12,15-17,27-28,33,36H,5-6,10,13-14,18-22H2,2-3H3,(H2,32,37)(H,34,38)/t27-,28+/m0/s1. The van der Waals surface area contributed by atoms with Crippen molar-refractivity contribution in [2.75, 3.05) is 19.6 Å². The third kappa shape index (κ3) is 11.7. The molecule has 0 saturated carbocycles. The van der Waals surface area contributed by atoms with Crippen LogP contribution in [-0.2, 0) is 40.2 Å². The van der Waals surface area contributed by atoms with Crippen LogP contribution in [0.2, 0.25) is 0 Å². The fourth-order valence-corrected chi connectivity index (χ4v) is 4.49. The number of nitrogens with one attached hydrogen (secondary N) is 2. The smallest absolute Gasteiger partial charge is 0.226 e. The van der Waals surface area contributed by atoms with E-state index in [0.717, 1.165) is 24.0 Å². The Morgan fingerprint density at radius 1 is 0.949 bits per heavy atom. The molecule has 0 aliphatic heterocycles. The van der Waals surface area contributed by atoms with Crippen molar-refractivity contribution < 1.29 is 19.5 Å². The minimum atomic E-state index is -0.883. The van der Waals surface area contributed by atoms with Crippen LogP contribution in [0.15, 0.2) is 48.5 Å². The summed E-state index contributed by atoms with van der Waals surface area (Å²) in [6.07, 6.45) is 6.71. The Balaban J connectivity index is 2.08. The van der Waals surface area contributed by atoms with Gasteiger partial charge in [0.1, 0.15) is 0 Å². The summed E-state index contributed by atoms with van der Waals surface area (Å²) in [4.78, 5) is 39.3. The van der Waals surface area contributed by atoms with Gasteiger partial charge in [0.15, 0.2) is 0 Å². The highest BCUT2D eigenvalue weighted by molar-refractivity contribution is 5.81. The number of benzene rings is 2. The van der Waals surface area contributed by atoms with Crippen LogP contribution < -0.4 is 16.4 Å². The van der Waals surface area contributed by atoms with E-state index in [-0.39, 0.29) is 44.0 Å². The zero-order valence-corrected chi connectivity index (χ0v) is 23.1. The molecule has 2 aromatic carbocycles. The number of terminal acetylenes is 1. The normalized spacial score (nSPS) is 12.3. The third-order valence-electron chi connectivity index (χ3n) is 6.22. The van der Waals surface area contributed by atoms with Crippen molar-refractivity contribution in [3.05, 3.63) is 70.8 Å². The van der Waals surface area contributed by atoms with Gasteiger partial charge in [0.05, 0.1) is 31.4 Å². The number of primary amides is 1. The van der Waals surface area contributed by atoms with Crippen molar-refractivity contribution >= 4 is 17.7 Å². The number of hydrogen-bond donors (Lipinski definition) is 4. The molecule has 0 spiro atoms. The summed E-state index contributed by atoms with van der Waals surface area (Å²) in [5, 5.41) is 16.7. The molecule has 5 N–H and O–H groups in total. The predicted octanol–water partition coefficient (Wildman–Crippen LogP) is 2.11. The average molecular weight is 535 g/mol. The van der Waals surface area contributed by atoms with Crippen LogP contribution in [-0.4, -0.2) is 59.5 Å². The molecule has 2 aromatic rings. The molecule has 0 aliphatic rings. The number of rotatable bonds is 17. The summed E-state index contributed by atoms with van der Waals surface area (Å²) >= 11 is 0. The zero-order chi connectivity index (χ0) is 28.6. The quantitative estimate of drug-likeness (QED) is 0.231. The minimum absolute atomic E-state index is 0.00513. The van der Waals surface area contributed by atoms with Gasteiger partial charge in [-0.2, -0.15) is 0 Å². The van der Waals surface area contributed by atoms with Crippen LogP contribution in [0, 0.1) is 12.3 Å². The Kier molecular flexibility index (Phi) is 13.8. The molecular weight excluding hydrogens is 492 g/mol. The van der Waals surface area contributed by atoms with Crippen LogP contribution in [0.3, 0.4) is 0 Å². The molecule has 3 amide bonds. The first-order valence-electron chi connectivity index (χ1n) is 13.6. The van der Waals surface area contributed by atoms with Gasteiger partial charge in [0, 0.05) is 32.6 Å². The number of nitrogens with two attached hydrogens (primary N) is 1. The third-order valence-corrected chi connectivity index (χ3v) is 6.22. The number of carbonyl (C=O) groups excluding carboxylic acids is 3. The van der Waals surface area contributed by atoms with Gasteiger partial charge in [-0.3, -0.25) is 14.4 Å². The number of amides is 3. The molecule has 39 heavy (non-hydrogen) atoms. The Hall–Kier alpha value is -3.67. The van der Waals surface area contributed by atoms with Gasteiger partial charge in [-0.1, -0.05) is 62.4 Å². The lowest BCUT2D eigenvalue weighted by Gasteiger charge is -2.23. The Morgan fingerprint density at radius 2 is 1.54 bits per heavy atom. The Morgan fingerprint density at radius 3 is 2.10 bits per heavy atom. The highest BCUT2D eigenvalue weighted by atomic mass is 16.3. The summed E-state index contributed by atoms with van der Waals surface area (Å²) in [5.41, 5.74) is 8.53.